The Morgan fingerprint density at radius 1 is 1.13 bits per heavy atom. The molecule has 4 rings (SSSR count). The molecule has 11 nitrogen and oxygen atoms in total. The van der Waals surface area contributed by atoms with Gasteiger partial charge in [-0.1, -0.05) is 50.4 Å². The van der Waals surface area contributed by atoms with E-state index in [9.17, 15) is 14.9 Å². The van der Waals surface area contributed by atoms with Crippen LogP contribution in [0.1, 0.15) is 53.4 Å². The number of nitrogens with zero attached hydrogens (tertiary/aromatic N) is 5. The number of fused-ring (bicyclic) bond motifs is 1. The van der Waals surface area contributed by atoms with E-state index in [-0.39, 0.29) is 57.3 Å². The van der Waals surface area contributed by atoms with Gasteiger partial charge in [-0.15, -0.1) is 0 Å². The van der Waals surface area contributed by atoms with Crippen LogP contribution in [-0.2, 0) is 16.1 Å². The van der Waals surface area contributed by atoms with Crippen LogP contribution in [0.3, 0.4) is 0 Å². The molecule has 3 heterocycles. The molecule has 1 aliphatic rings. The number of nitriles is 1. The Labute approximate surface area is 279 Å². The number of nitrogens with one attached hydrogen (secondary N) is 1. The van der Waals surface area contributed by atoms with Crippen LogP contribution in [0.25, 0.3) is 22.2 Å². The first kappa shape index (κ1) is 35.3. The Morgan fingerprint density at radius 2 is 1.80 bits per heavy atom. The molecule has 3 aromatic rings. The number of methoxy groups -OCH3 is 2. The van der Waals surface area contributed by atoms with Gasteiger partial charge in [-0.05, 0) is 37.7 Å². The fourth-order valence-electron chi connectivity index (χ4n) is 5.68. The van der Waals surface area contributed by atoms with Crippen molar-refractivity contribution in [1.29, 1.82) is 5.26 Å². The van der Waals surface area contributed by atoms with Crippen molar-refractivity contribution in [2.45, 2.75) is 66.0 Å². The third-order valence-electron chi connectivity index (χ3n) is 8.32. The summed E-state index contributed by atoms with van der Waals surface area (Å²) in [4.78, 5) is 38.1. The number of benzene rings is 1. The molecule has 1 saturated heterocycles. The summed E-state index contributed by atoms with van der Waals surface area (Å²) in [6.45, 7) is 9.41. The number of likely N-dealkylation sites (tertiary alicyclic amines) is 1. The third kappa shape index (κ3) is 7.51. The zero-order valence-electron chi connectivity index (χ0n) is 27.5. The number of carbonyl (C=O) groups is 1. The van der Waals surface area contributed by atoms with Gasteiger partial charge in [-0.25, -0.2) is 4.98 Å². The van der Waals surface area contributed by atoms with E-state index in [4.69, 9.17) is 37.4 Å². The van der Waals surface area contributed by atoms with Crippen molar-refractivity contribution in [2.75, 3.05) is 46.3 Å². The van der Waals surface area contributed by atoms with Crippen LogP contribution in [0.15, 0.2) is 23.1 Å². The number of pyridine rings is 1. The second-order valence-electron chi connectivity index (χ2n) is 12.9. The third-order valence-corrected chi connectivity index (χ3v) is 9.07. The highest BCUT2D eigenvalue weighted by Gasteiger charge is 2.40. The first-order valence-electron chi connectivity index (χ1n) is 15.3. The molecule has 13 heteroatoms. The monoisotopic (exact) mass is 672 g/mol. The first-order valence-corrected chi connectivity index (χ1v) is 16.0. The summed E-state index contributed by atoms with van der Waals surface area (Å²) in [6, 6.07) is 5.48. The van der Waals surface area contributed by atoms with Gasteiger partial charge in [0.15, 0.2) is 0 Å². The number of anilines is 1. The van der Waals surface area contributed by atoms with Gasteiger partial charge in [0.05, 0.1) is 55.2 Å². The fraction of sp³-hybridized carbons (Fsp3) is 0.545. The lowest BCUT2D eigenvalue weighted by molar-refractivity contribution is -0.138. The van der Waals surface area contributed by atoms with E-state index in [1.165, 1.54) is 18.8 Å². The van der Waals surface area contributed by atoms with Crippen molar-refractivity contribution in [3.8, 4) is 28.7 Å². The molecular weight excluding hydrogens is 631 g/mol. The Hall–Kier alpha value is -3.59. The molecule has 1 aliphatic heterocycles. The van der Waals surface area contributed by atoms with Crippen molar-refractivity contribution in [3.05, 3.63) is 38.7 Å². The van der Waals surface area contributed by atoms with Gasteiger partial charge in [-0.3, -0.25) is 14.2 Å². The molecule has 1 amide bonds. The number of hydrogen-bond donors (Lipinski definition) is 1. The van der Waals surface area contributed by atoms with Crippen LogP contribution in [0.4, 0.5) is 5.95 Å². The van der Waals surface area contributed by atoms with Gasteiger partial charge in [0.25, 0.3) is 5.56 Å². The predicted octanol–water partition coefficient (Wildman–Crippen LogP) is 6.19. The Balaban J connectivity index is 1.57. The Kier molecular flexibility index (Phi) is 11.1. The summed E-state index contributed by atoms with van der Waals surface area (Å²) in [5.74, 6) is 0.789. The van der Waals surface area contributed by atoms with E-state index in [0.717, 1.165) is 12.8 Å². The van der Waals surface area contributed by atoms with Crippen molar-refractivity contribution in [3.63, 3.8) is 0 Å². The maximum atomic E-state index is 14.1. The molecule has 0 saturated carbocycles. The van der Waals surface area contributed by atoms with E-state index in [1.807, 2.05) is 0 Å². The standard InChI is InChI=1S/C33H42Cl2N6O5/c1-32(2,3)10-8-11-33(4,19-36)30(43)40-12-9-21(18-40)46-14-13-41-28-20(17-38-31(37-5)39-28)15-22(29(41)42)25-26(34)23(44-6)16-24(45-7)27(25)35/h15-17,21H,8-14,18H2,1-7H3,(H,37,38,39). The number of aromatic nitrogens is 3. The topological polar surface area (TPSA) is 132 Å². The summed E-state index contributed by atoms with van der Waals surface area (Å²) in [5, 5.41) is 13.7. The molecule has 1 aromatic carbocycles. The van der Waals surface area contributed by atoms with Gasteiger partial charge in [0, 0.05) is 43.4 Å². The van der Waals surface area contributed by atoms with Gasteiger partial charge in [-0.2, -0.15) is 10.2 Å². The van der Waals surface area contributed by atoms with E-state index in [2.05, 4.69) is 42.1 Å². The number of ether oxygens (including phenoxy) is 3. The normalized spacial score (nSPS) is 16.3. The molecule has 2 aromatic heterocycles. The summed E-state index contributed by atoms with van der Waals surface area (Å²) in [7, 11) is 4.62. The fourth-order valence-corrected chi connectivity index (χ4v) is 6.38. The van der Waals surface area contributed by atoms with E-state index < -0.39 is 5.41 Å². The molecular formula is C33H42Cl2N6O5. The lowest BCUT2D eigenvalue weighted by Gasteiger charge is -2.28. The highest BCUT2D eigenvalue weighted by molar-refractivity contribution is 6.41. The number of amides is 1. The van der Waals surface area contributed by atoms with Crippen molar-refractivity contribution in [2.24, 2.45) is 10.8 Å². The molecule has 46 heavy (non-hydrogen) atoms. The van der Waals surface area contributed by atoms with Crippen molar-refractivity contribution in [1.82, 2.24) is 19.4 Å². The molecule has 0 spiro atoms. The highest BCUT2D eigenvalue weighted by atomic mass is 35.5. The average Bonchev–Trinajstić information content (AvgIpc) is 3.50. The summed E-state index contributed by atoms with van der Waals surface area (Å²) in [6.07, 6.45) is 4.25. The molecule has 0 aliphatic carbocycles. The number of rotatable bonds is 12. The van der Waals surface area contributed by atoms with Gasteiger partial charge < -0.3 is 24.4 Å². The Bertz CT molecular complexity index is 1670. The van der Waals surface area contributed by atoms with Crippen LogP contribution < -0.4 is 20.3 Å². The molecule has 1 N–H and O–H groups in total. The van der Waals surface area contributed by atoms with Crippen LogP contribution in [0.2, 0.25) is 10.0 Å². The quantitative estimate of drug-likeness (QED) is 0.239. The smallest absolute Gasteiger partial charge is 0.260 e. The minimum atomic E-state index is -1.08. The summed E-state index contributed by atoms with van der Waals surface area (Å²) >= 11 is 13.4. The van der Waals surface area contributed by atoms with Crippen molar-refractivity contribution < 1.29 is 19.0 Å². The maximum Gasteiger partial charge on any atom is 0.260 e. The lowest BCUT2D eigenvalue weighted by Crippen LogP contribution is -2.41. The van der Waals surface area contributed by atoms with Crippen LogP contribution >= 0.6 is 23.2 Å². The molecule has 2 atom stereocenters. The van der Waals surface area contributed by atoms with Crippen LogP contribution in [0.5, 0.6) is 11.5 Å². The van der Waals surface area contributed by atoms with Crippen LogP contribution in [0, 0.1) is 22.2 Å². The molecule has 0 bridgehead atoms. The molecule has 1 fully saturated rings. The lowest BCUT2D eigenvalue weighted by atomic mass is 9.81. The number of hydrogen-bond acceptors (Lipinski definition) is 9. The maximum absolute atomic E-state index is 14.1. The second-order valence-corrected chi connectivity index (χ2v) is 13.7. The predicted molar refractivity (Wildman–Crippen MR) is 180 cm³/mol. The summed E-state index contributed by atoms with van der Waals surface area (Å²) < 4.78 is 18.5. The molecule has 2 unspecified atom stereocenters. The minimum absolute atomic E-state index is 0.138. The van der Waals surface area contributed by atoms with Crippen molar-refractivity contribution >= 4 is 46.1 Å². The largest absolute Gasteiger partial charge is 0.495 e. The number of carbonyl (C=O) groups excluding carboxylic acids is 1. The Morgan fingerprint density at radius 3 is 2.39 bits per heavy atom. The minimum Gasteiger partial charge on any atom is -0.495 e. The van der Waals surface area contributed by atoms with Gasteiger partial charge in [0.1, 0.15) is 22.6 Å². The second kappa shape index (κ2) is 14.4. The van der Waals surface area contributed by atoms with Crippen LogP contribution in [-0.4, -0.2) is 72.4 Å². The molecule has 0 radical (unpaired) electrons. The van der Waals surface area contributed by atoms with E-state index in [1.54, 1.807) is 37.2 Å². The molecule has 248 valence electrons. The highest BCUT2D eigenvalue weighted by Crippen LogP contribution is 2.45. The van der Waals surface area contributed by atoms with E-state index >= 15 is 0 Å². The zero-order valence-corrected chi connectivity index (χ0v) is 29.0. The van der Waals surface area contributed by atoms with Gasteiger partial charge >= 0.3 is 0 Å². The zero-order chi connectivity index (χ0) is 33.8. The first-order chi connectivity index (χ1) is 21.8. The van der Waals surface area contributed by atoms with Gasteiger partial charge in [0.2, 0.25) is 11.9 Å². The number of halogens is 2. The summed E-state index contributed by atoms with van der Waals surface area (Å²) in [5.41, 5.74) is -0.435. The SMILES string of the molecule is CNc1ncc2cc(-c3c(Cl)c(OC)cc(OC)c3Cl)c(=O)n(CCOC3CCN(C(=O)C(C)(C#N)CCCC(C)(C)C)C3)c2n1. The van der Waals surface area contributed by atoms with E-state index in [0.29, 0.717) is 54.4 Å². The average molecular weight is 674 g/mol.